The van der Waals surface area contributed by atoms with Crippen molar-refractivity contribution in [1.82, 2.24) is 14.1 Å². The van der Waals surface area contributed by atoms with Gasteiger partial charge in [-0.3, -0.25) is 0 Å². The Bertz CT molecular complexity index is 631. The minimum atomic E-state index is -3.74. The first-order valence-corrected chi connectivity index (χ1v) is 7.94. The maximum atomic E-state index is 12.9. The van der Waals surface area contributed by atoms with Crippen molar-refractivity contribution < 1.29 is 17.6 Å². The molecule has 1 aliphatic heterocycles. The number of rotatable bonds is 2. The molecule has 0 aromatic heterocycles. The lowest BCUT2D eigenvalue weighted by molar-refractivity contribution is 0.156. The summed E-state index contributed by atoms with van der Waals surface area (Å²) in [6.07, 6.45) is -0.574. The molecule has 1 saturated heterocycles. The Hall–Kier alpha value is -1.67. The van der Waals surface area contributed by atoms with E-state index in [1.54, 1.807) is 21.0 Å². The molecule has 1 unspecified atom stereocenters. The number of hydrogen-bond donors (Lipinski definition) is 0. The lowest BCUT2D eigenvalue weighted by atomic mass is 10.4. The summed E-state index contributed by atoms with van der Waals surface area (Å²) in [4.78, 5) is 14.9. The summed E-state index contributed by atoms with van der Waals surface area (Å²) >= 11 is 0. The summed E-state index contributed by atoms with van der Waals surface area (Å²) in [7, 11) is -0.508. The second kappa shape index (κ2) is 5.61. The van der Waals surface area contributed by atoms with Crippen molar-refractivity contribution in [3.8, 4) is 0 Å². The van der Waals surface area contributed by atoms with Crippen LogP contribution < -0.4 is 0 Å². The molecule has 2 amide bonds. The van der Waals surface area contributed by atoms with E-state index in [-0.39, 0.29) is 17.5 Å². The quantitative estimate of drug-likeness (QED) is 0.823. The summed E-state index contributed by atoms with van der Waals surface area (Å²) in [6, 6.07) is 4.44. The van der Waals surface area contributed by atoms with E-state index in [4.69, 9.17) is 0 Å². The molecule has 8 heteroatoms. The van der Waals surface area contributed by atoms with Crippen LogP contribution in [0.1, 0.15) is 6.92 Å². The van der Waals surface area contributed by atoms with E-state index in [0.29, 0.717) is 6.54 Å². The van der Waals surface area contributed by atoms with Gasteiger partial charge in [0.25, 0.3) is 0 Å². The Kier molecular flexibility index (Phi) is 4.20. The van der Waals surface area contributed by atoms with Gasteiger partial charge in [-0.15, -0.1) is 0 Å². The van der Waals surface area contributed by atoms with Crippen LogP contribution in [0, 0.1) is 5.82 Å². The predicted octanol–water partition coefficient (Wildman–Crippen LogP) is 1.16. The van der Waals surface area contributed by atoms with Gasteiger partial charge in [0.1, 0.15) is 5.82 Å². The monoisotopic (exact) mass is 315 g/mol. The van der Waals surface area contributed by atoms with Gasteiger partial charge in [-0.05, 0) is 31.2 Å². The molecule has 0 bridgehead atoms. The van der Waals surface area contributed by atoms with Crippen molar-refractivity contribution in [2.45, 2.75) is 18.0 Å². The summed E-state index contributed by atoms with van der Waals surface area (Å²) in [5.74, 6) is -0.493. The molecule has 116 valence electrons. The smallest absolute Gasteiger partial charge is 0.320 e. The first kappa shape index (κ1) is 15.7. The van der Waals surface area contributed by atoms with Crippen molar-refractivity contribution in [2.75, 3.05) is 27.2 Å². The first-order chi connectivity index (χ1) is 9.75. The zero-order valence-corrected chi connectivity index (χ0v) is 13.0. The minimum absolute atomic E-state index is 0.0231. The van der Waals surface area contributed by atoms with E-state index < -0.39 is 22.0 Å². The van der Waals surface area contributed by atoms with Gasteiger partial charge in [-0.1, -0.05) is 0 Å². The molecule has 1 aliphatic rings. The zero-order chi connectivity index (χ0) is 15.8. The molecule has 0 spiro atoms. The average molecular weight is 315 g/mol. The van der Waals surface area contributed by atoms with Gasteiger partial charge < -0.3 is 9.80 Å². The first-order valence-electron chi connectivity index (χ1n) is 6.50. The van der Waals surface area contributed by atoms with E-state index in [2.05, 4.69) is 0 Å². The van der Waals surface area contributed by atoms with E-state index in [0.717, 1.165) is 12.1 Å². The Morgan fingerprint density at radius 1 is 1.24 bits per heavy atom. The van der Waals surface area contributed by atoms with Gasteiger partial charge in [0.2, 0.25) is 10.0 Å². The number of sulfonamides is 1. The van der Waals surface area contributed by atoms with E-state index in [9.17, 15) is 17.6 Å². The van der Waals surface area contributed by atoms with Crippen LogP contribution in [0.5, 0.6) is 0 Å². The van der Waals surface area contributed by atoms with E-state index in [1.165, 1.54) is 26.2 Å². The molecule has 1 heterocycles. The van der Waals surface area contributed by atoms with Gasteiger partial charge in [-0.25, -0.2) is 17.6 Å². The predicted molar refractivity (Wildman–Crippen MR) is 75.5 cm³/mol. The SMILES string of the molecule is CC1N(C(=O)N(C)C)CCN1S(=O)(=O)c1ccc(F)cc1. The van der Waals surface area contributed by atoms with Crippen LogP contribution >= 0.6 is 0 Å². The molecular weight excluding hydrogens is 297 g/mol. The zero-order valence-electron chi connectivity index (χ0n) is 12.2. The van der Waals surface area contributed by atoms with Crippen LogP contribution in [0.15, 0.2) is 29.2 Å². The number of benzene rings is 1. The molecule has 0 saturated carbocycles. The standard InChI is InChI=1S/C13H18FN3O3S/c1-10-16(13(18)15(2)3)8-9-17(10)21(19,20)12-6-4-11(14)5-7-12/h4-7,10H,8-9H2,1-3H3. The fourth-order valence-corrected chi connectivity index (χ4v) is 3.90. The highest BCUT2D eigenvalue weighted by atomic mass is 32.2. The number of urea groups is 1. The van der Waals surface area contributed by atoms with Crippen LogP contribution in [0.3, 0.4) is 0 Å². The molecule has 2 rings (SSSR count). The minimum Gasteiger partial charge on any atom is -0.331 e. The Morgan fingerprint density at radius 3 is 2.33 bits per heavy atom. The number of carbonyl (C=O) groups is 1. The van der Waals surface area contributed by atoms with Crippen LogP contribution in [0.25, 0.3) is 0 Å². The fraction of sp³-hybridized carbons (Fsp3) is 0.462. The van der Waals surface area contributed by atoms with Gasteiger partial charge in [-0.2, -0.15) is 4.31 Å². The molecule has 6 nitrogen and oxygen atoms in total. The fourth-order valence-electron chi connectivity index (χ4n) is 2.31. The molecule has 0 radical (unpaired) electrons. The lowest BCUT2D eigenvalue weighted by Crippen LogP contribution is -2.46. The van der Waals surface area contributed by atoms with Crippen molar-refractivity contribution in [1.29, 1.82) is 0 Å². The molecule has 0 N–H and O–H groups in total. The normalized spacial score (nSPS) is 19.8. The Morgan fingerprint density at radius 2 is 1.81 bits per heavy atom. The maximum absolute atomic E-state index is 12.9. The lowest BCUT2D eigenvalue weighted by Gasteiger charge is -2.28. The van der Waals surface area contributed by atoms with Gasteiger partial charge in [0.05, 0.1) is 11.1 Å². The van der Waals surface area contributed by atoms with Crippen molar-refractivity contribution in [3.05, 3.63) is 30.1 Å². The van der Waals surface area contributed by atoms with Crippen LogP contribution in [-0.4, -0.2) is 61.9 Å². The Balaban J connectivity index is 2.26. The van der Waals surface area contributed by atoms with E-state index >= 15 is 0 Å². The van der Waals surface area contributed by atoms with E-state index in [1.807, 2.05) is 0 Å². The largest absolute Gasteiger partial charge is 0.331 e. The van der Waals surface area contributed by atoms with Gasteiger partial charge in [0, 0.05) is 27.2 Å². The summed E-state index contributed by atoms with van der Waals surface area (Å²) in [6.45, 7) is 2.22. The number of halogens is 1. The number of amides is 2. The van der Waals surface area contributed by atoms with Gasteiger partial charge >= 0.3 is 6.03 Å². The molecule has 1 aromatic rings. The van der Waals surface area contributed by atoms with Gasteiger partial charge in [0.15, 0.2) is 0 Å². The highest BCUT2D eigenvalue weighted by molar-refractivity contribution is 7.89. The van der Waals surface area contributed by atoms with Crippen molar-refractivity contribution >= 4 is 16.1 Å². The highest BCUT2D eigenvalue weighted by Gasteiger charge is 2.40. The van der Waals surface area contributed by atoms with Crippen LogP contribution in [0.4, 0.5) is 9.18 Å². The van der Waals surface area contributed by atoms with Crippen molar-refractivity contribution in [3.63, 3.8) is 0 Å². The van der Waals surface area contributed by atoms with Crippen LogP contribution in [0.2, 0.25) is 0 Å². The third-order valence-corrected chi connectivity index (χ3v) is 5.45. The summed E-state index contributed by atoms with van der Waals surface area (Å²) < 4.78 is 39.3. The molecule has 21 heavy (non-hydrogen) atoms. The van der Waals surface area contributed by atoms with Crippen molar-refractivity contribution in [2.24, 2.45) is 0 Å². The molecular formula is C13H18FN3O3S. The Labute approximate surface area is 123 Å². The topological polar surface area (TPSA) is 60.9 Å². The third-order valence-electron chi connectivity index (χ3n) is 3.48. The molecule has 1 fully saturated rings. The second-order valence-corrected chi connectivity index (χ2v) is 6.96. The number of carbonyl (C=O) groups excluding carboxylic acids is 1. The maximum Gasteiger partial charge on any atom is 0.320 e. The average Bonchev–Trinajstić information content (AvgIpc) is 2.80. The van der Waals surface area contributed by atoms with Crippen LogP contribution in [-0.2, 0) is 10.0 Å². The summed E-state index contributed by atoms with van der Waals surface area (Å²) in [5.41, 5.74) is 0. The molecule has 1 atom stereocenters. The second-order valence-electron chi connectivity index (χ2n) is 5.07. The number of nitrogens with zero attached hydrogens (tertiary/aromatic N) is 3. The number of hydrogen-bond acceptors (Lipinski definition) is 3. The molecule has 0 aliphatic carbocycles. The summed E-state index contributed by atoms with van der Waals surface area (Å²) in [5, 5.41) is 0. The molecule has 1 aromatic carbocycles. The third kappa shape index (κ3) is 2.86. The highest BCUT2D eigenvalue weighted by Crippen LogP contribution is 2.24.